The summed E-state index contributed by atoms with van der Waals surface area (Å²) in [4.78, 5) is 33.0. The zero-order valence-corrected chi connectivity index (χ0v) is 24.4. The van der Waals surface area contributed by atoms with Crippen LogP contribution in [0.25, 0.3) is 0 Å². The number of nitrogens with zero attached hydrogens (tertiary/aromatic N) is 2. The third-order valence-electron chi connectivity index (χ3n) is 7.49. The molecule has 1 fully saturated rings. The fourth-order valence-electron chi connectivity index (χ4n) is 5.14. The van der Waals surface area contributed by atoms with Gasteiger partial charge in [-0.15, -0.1) is 11.3 Å². The number of ether oxygens (including phenoxy) is 2. The Kier molecular flexibility index (Phi) is 9.36. The molecule has 5 rings (SSSR count). The summed E-state index contributed by atoms with van der Waals surface area (Å²) in [5.74, 6) is 0.823. The van der Waals surface area contributed by atoms with Gasteiger partial charge in [0.05, 0.1) is 26.7 Å². The second-order valence-electron chi connectivity index (χ2n) is 10.3. The van der Waals surface area contributed by atoms with Crippen LogP contribution in [0.1, 0.15) is 40.3 Å². The second-order valence-corrected chi connectivity index (χ2v) is 11.3. The highest BCUT2D eigenvalue weighted by atomic mass is 32.1. The van der Waals surface area contributed by atoms with Gasteiger partial charge in [0.15, 0.2) is 11.5 Å². The molecule has 0 bridgehead atoms. The Morgan fingerprint density at radius 2 is 1.51 bits per heavy atom. The number of carbonyl (C=O) groups excluding carboxylic acids is 2. The molecule has 0 aliphatic heterocycles. The van der Waals surface area contributed by atoms with Gasteiger partial charge in [-0.3, -0.25) is 9.59 Å². The van der Waals surface area contributed by atoms with Crippen LogP contribution in [0.15, 0.2) is 96.4 Å². The van der Waals surface area contributed by atoms with Gasteiger partial charge in [-0.25, -0.2) is 0 Å². The molecule has 1 aromatic heterocycles. The number of rotatable bonds is 13. The highest BCUT2D eigenvalue weighted by Gasteiger charge is 2.38. The van der Waals surface area contributed by atoms with E-state index in [1.165, 1.54) is 0 Å². The van der Waals surface area contributed by atoms with Crippen LogP contribution in [0.2, 0.25) is 0 Å². The summed E-state index contributed by atoms with van der Waals surface area (Å²) in [6, 6.07) is 29.7. The highest BCUT2D eigenvalue weighted by molar-refractivity contribution is 7.09. The van der Waals surface area contributed by atoms with Crippen LogP contribution in [0.3, 0.4) is 0 Å². The zero-order chi connectivity index (χ0) is 28.6. The molecule has 0 spiro atoms. The lowest BCUT2D eigenvalue weighted by Crippen LogP contribution is -2.46. The summed E-state index contributed by atoms with van der Waals surface area (Å²) in [5.41, 5.74) is 2.92. The molecule has 0 unspecified atom stereocenters. The van der Waals surface area contributed by atoms with Crippen molar-refractivity contribution in [3.63, 3.8) is 0 Å². The minimum atomic E-state index is -0.455. The molecule has 6 nitrogen and oxygen atoms in total. The van der Waals surface area contributed by atoms with Crippen molar-refractivity contribution < 1.29 is 19.1 Å². The van der Waals surface area contributed by atoms with E-state index in [0.717, 1.165) is 34.4 Å². The van der Waals surface area contributed by atoms with Crippen molar-refractivity contribution in [1.29, 1.82) is 0 Å². The van der Waals surface area contributed by atoms with Gasteiger partial charge in [-0.1, -0.05) is 72.8 Å². The first kappa shape index (κ1) is 28.4. The van der Waals surface area contributed by atoms with Crippen LogP contribution < -0.4 is 9.47 Å². The van der Waals surface area contributed by atoms with Crippen LogP contribution in [-0.2, 0) is 22.6 Å². The maximum atomic E-state index is 14.2. The Labute approximate surface area is 246 Å². The first-order valence-corrected chi connectivity index (χ1v) is 14.9. The molecule has 1 saturated carbocycles. The number of hydrogen-bond acceptors (Lipinski definition) is 5. The van der Waals surface area contributed by atoms with Crippen LogP contribution in [0.5, 0.6) is 11.5 Å². The number of methoxy groups -OCH3 is 2. The van der Waals surface area contributed by atoms with E-state index in [0.29, 0.717) is 31.0 Å². The normalized spacial score (nSPS) is 12.7. The summed E-state index contributed by atoms with van der Waals surface area (Å²) in [7, 11) is 3.24. The van der Waals surface area contributed by atoms with Crippen LogP contribution in [0.4, 0.5) is 0 Å². The van der Waals surface area contributed by atoms with E-state index < -0.39 is 5.92 Å². The average molecular weight is 569 g/mol. The number of thiophene rings is 1. The van der Waals surface area contributed by atoms with Crippen molar-refractivity contribution in [2.75, 3.05) is 27.3 Å². The highest BCUT2D eigenvalue weighted by Crippen LogP contribution is 2.34. The molecule has 212 valence electrons. The van der Waals surface area contributed by atoms with Gasteiger partial charge in [0.1, 0.15) is 6.54 Å². The van der Waals surface area contributed by atoms with Crippen LogP contribution in [-0.4, -0.2) is 55.0 Å². The molecule has 0 N–H and O–H groups in total. The Morgan fingerprint density at radius 1 is 0.854 bits per heavy atom. The molecule has 4 aromatic rings. The molecule has 3 aromatic carbocycles. The number of carbonyl (C=O) groups is 2. The Bertz CT molecular complexity index is 1380. The first-order valence-electron chi connectivity index (χ1n) is 14.0. The molecule has 7 heteroatoms. The van der Waals surface area contributed by atoms with Gasteiger partial charge >= 0.3 is 0 Å². The van der Waals surface area contributed by atoms with Gasteiger partial charge in [-0.2, -0.15) is 0 Å². The average Bonchev–Trinajstić information content (AvgIpc) is 3.73. The largest absolute Gasteiger partial charge is 0.493 e. The lowest BCUT2D eigenvalue weighted by atomic mass is 9.90. The first-order chi connectivity index (χ1) is 20.1. The van der Waals surface area contributed by atoms with Gasteiger partial charge in [-0.05, 0) is 59.5 Å². The van der Waals surface area contributed by atoms with E-state index >= 15 is 0 Å². The van der Waals surface area contributed by atoms with E-state index in [-0.39, 0.29) is 24.4 Å². The Morgan fingerprint density at radius 3 is 2.07 bits per heavy atom. The third-order valence-corrected chi connectivity index (χ3v) is 8.35. The lowest BCUT2D eigenvalue weighted by Gasteiger charge is -2.30. The topological polar surface area (TPSA) is 59.1 Å². The van der Waals surface area contributed by atoms with Crippen molar-refractivity contribution >= 4 is 23.2 Å². The van der Waals surface area contributed by atoms with Gasteiger partial charge in [0.25, 0.3) is 0 Å². The monoisotopic (exact) mass is 568 g/mol. The van der Waals surface area contributed by atoms with Crippen molar-refractivity contribution in [2.24, 2.45) is 0 Å². The van der Waals surface area contributed by atoms with E-state index in [4.69, 9.17) is 9.47 Å². The van der Waals surface area contributed by atoms with E-state index in [9.17, 15) is 9.59 Å². The number of hydrogen-bond donors (Lipinski definition) is 0. The number of benzene rings is 3. The Hall–Kier alpha value is -4.10. The van der Waals surface area contributed by atoms with Crippen molar-refractivity contribution in [3.05, 3.63) is 118 Å². The molecule has 1 aliphatic rings. The molecule has 0 radical (unpaired) electrons. The minimum Gasteiger partial charge on any atom is -0.493 e. The predicted octanol–water partition coefficient (Wildman–Crippen LogP) is 6.16. The van der Waals surface area contributed by atoms with E-state index in [1.54, 1.807) is 25.6 Å². The maximum absolute atomic E-state index is 14.2. The van der Waals surface area contributed by atoms with Crippen LogP contribution in [0, 0.1) is 0 Å². The van der Waals surface area contributed by atoms with Crippen molar-refractivity contribution in [3.8, 4) is 11.5 Å². The fourth-order valence-corrected chi connectivity index (χ4v) is 5.86. The van der Waals surface area contributed by atoms with E-state index in [1.807, 2.05) is 106 Å². The van der Waals surface area contributed by atoms with Crippen LogP contribution >= 0.6 is 11.3 Å². The molecular weight excluding hydrogens is 532 g/mol. The summed E-state index contributed by atoms with van der Waals surface area (Å²) in [5, 5.41) is 2.02. The summed E-state index contributed by atoms with van der Waals surface area (Å²) in [6.07, 6.45) is 2.50. The standard InChI is InChI=1S/C34H36N2O4S/c1-39-30-18-15-25(22-31(30)40-2)19-20-35(23-29-14-9-21-41-29)32(37)24-36(28-16-17-28)34(38)33(26-10-5-3-6-11-26)27-12-7-4-8-13-27/h3-15,18,21-22,28,33H,16-17,19-20,23-24H2,1-2H3. The van der Waals surface area contributed by atoms with Crippen molar-refractivity contribution in [2.45, 2.75) is 37.8 Å². The van der Waals surface area contributed by atoms with Gasteiger partial charge in [0.2, 0.25) is 11.8 Å². The third kappa shape index (κ3) is 7.16. The van der Waals surface area contributed by atoms with Gasteiger partial charge < -0.3 is 19.3 Å². The van der Waals surface area contributed by atoms with Crippen molar-refractivity contribution in [1.82, 2.24) is 9.80 Å². The zero-order valence-electron chi connectivity index (χ0n) is 23.6. The fraction of sp³-hybridized carbons (Fsp3) is 0.294. The summed E-state index contributed by atoms with van der Waals surface area (Å²) in [6.45, 7) is 1.11. The minimum absolute atomic E-state index is 0.0192. The predicted molar refractivity (Wildman–Crippen MR) is 162 cm³/mol. The van der Waals surface area contributed by atoms with E-state index in [2.05, 4.69) is 0 Å². The molecular formula is C34H36N2O4S. The smallest absolute Gasteiger partial charge is 0.242 e. The van der Waals surface area contributed by atoms with Gasteiger partial charge in [0, 0.05) is 17.5 Å². The summed E-state index contributed by atoms with van der Waals surface area (Å²) < 4.78 is 10.9. The molecule has 2 amide bonds. The molecule has 41 heavy (non-hydrogen) atoms. The Balaban J connectivity index is 1.37. The SMILES string of the molecule is COc1ccc(CCN(Cc2cccs2)C(=O)CN(C(=O)C(c2ccccc2)c2ccccc2)C2CC2)cc1OC. The summed E-state index contributed by atoms with van der Waals surface area (Å²) >= 11 is 1.63. The quantitative estimate of drug-likeness (QED) is 0.194. The lowest BCUT2D eigenvalue weighted by molar-refractivity contribution is -0.141. The number of amides is 2. The molecule has 0 atom stereocenters. The molecule has 1 heterocycles. The molecule has 0 saturated heterocycles. The molecule has 1 aliphatic carbocycles. The second kappa shape index (κ2) is 13.5. The maximum Gasteiger partial charge on any atom is 0.242 e.